The molecule has 1 aromatic rings. The molecule has 0 aromatic carbocycles. The zero-order valence-corrected chi connectivity index (χ0v) is 6.93. The first-order chi connectivity index (χ1) is 5.27. The summed E-state index contributed by atoms with van der Waals surface area (Å²) in [5.41, 5.74) is 6.13. The number of pyridine rings is 1. The molecule has 2 N–H and O–H groups in total. The maximum atomic E-state index is 5.72. The van der Waals surface area contributed by atoms with Crippen LogP contribution >= 0.6 is 11.6 Å². The van der Waals surface area contributed by atoms with Gasteiger partial charge in [-0.25, -0.2) is 0 Å². The monoisotopic (exact) mass is 172 g/mol. The lowest BCUT2D eigenvalue weighted by molar-refractivity contribution is 0.414. The quantitative estimate of drug-likeness (QED) is 0.730. The molecular formula is C7H9ClN2O. The highest BCUT2D eigenvalue weighted by atomic mass is 35.5. The maximum absolute atomic E-state index is 5.72. The first-order valence-corrected chi connectivity index (χ1v) is 3.54. The van der Waals surface area contributed by atoms with Crippen LogP contribution in [0.2, 0.25) is 5.02 Å². The fourth-order valence-electron chi connectivity index (χ4n) is 0.729. The van der Waals surface area contributed by atoms with Crippen LogP contribution in [-0.2, 0) is 6.54 Å². The van der Waals surface area contributed by atoms with Crippen molar-refractivity contribution in [2.45, 2.75) is 6.54 Å². The molecule has 0 atom stereocenters. The van der Waals surface area contributed by atoms with E-state index in [0.717, 1.165) is 5.69 Å². The Labute approximate surface area is 70.1 Å². The van der Waals surface area contributed by atoms with Crippen LogP contribution in [0.15, 0.2) is 12.3 Å². The number of rotatable bonds is 2. The van der Waals surface area contributed by atoms with E-state index in [1.54, 1.807) is 13.2 Å². The minimum atomic E-state index is 0.396. The Morgan fingerprint density at radius 2 is 2.45 bits per heavy atom. The number of halogens is 1. The SMILES string of the molecule is COc1cc(CN)ncc1Cl. The molecule has 0 unspecified atom stereocenters. The van der Waals surface area contributed by atoms with E-state index in [4.69, 9.17) is 22.1 Å². The molecule has 0 saturated carbocycles. The fraction of sp³-hybridized carbons (Fsp3) is 0.286. The van der Waals surface area contributed by atoms with Crippen molar-refractivity contribution in [3.8, 4) is 5.75 Å². The van der Waals surface area contributed by atoms with Crippen LogP contribution in [0.5, 0.6) is 5.75 Å². The van der Waals surface area contributed by atoms with Crippen LogP contribution in [0.25, 0.3) is 0 Å². The Hall–Kier alpha value is -0.800. The molecule has 0 fully saturated rings. The lowest BCUT2D eigenvalue weighted by Crippen LogP contribution is -1.99. The predicted octanol–water partition coefficient (Wildman–Crippen LogP) is 1.20. The van der Waals surface area contributed by atoms with Crippen molar-refractivity contribution in [3.05, 3.63) is 23.0 Å². The normalized spacial score (nSPS) is 9.73. The second-order valence-electron chi connectivity index (χ2n) is 2.01. The molecular weight excluding hydrogens is 164 g/mol. The summed E-state index contributed by atoms with van der Waals surface area (Å²) in [6.07, 6.45) is 1.53. The van der Waals surface area contributed by atoms with Gasteiger partial charge in [0, 0.05) is 18.8 Å². The summed E-state index contributed by atoms with van der Waals surface area (Å²) in [5.74, 6) is 0.613. The Bertz CT molecular complexity index is 252. The molecule has 1 aromatic heterocycles. The van der Waals surface area contributed by atoms with E-state index in [0.29, 0.717) is 17.3 Å². The fourth-order valence-corrected chi connectivity index (χ4v) is 0.909. The Balaban J connectivity index is 3.02. The van der Waals surface area contributed by atoms with Crippen molar-refractivity contribution < 1.29 is 4.74 Å². The second kappa shape index (κ2) is 3.55. The number of methoxy groups -OCH3 is 1. The van der Waals surface area contributed by atoms with E-state index in [1.165, 1.54) is 6.20 Å². The van der Waals surface area contributed by atoms with Gasteiger partial charge in [-0.3, -0.25) is 4.98 Å². The molecule has 1 heterocycles. The predicted molar refractivity (Wildman–Crippen MR) is 43.7 cm³/mol. The van der Waals surface area contributed by atoms with Gasteiger partial charge in [0.25, 0.3) is 0 Å². The molecule has 4 heteroatoms. The highest BCUT2D eigenvalue weighted by Crippen LogP contribution is 2.22. The standard InChI is InChI=1S/C7H9ClN2O/c1-11-7-2-5(3-9)10-4-6(7)8/h2,4H,3,9H2,1H3. The minimum Gasteiger partial charge on any atom is -0.495 e. The van der Waals surface area contributed by atoms with Gasteiger partial charge in [0.2, 0.25) is 0 Å². The van der Waals surface area contributed by atoms with E-state index in [9.17, 15) is 0 Å². The van der Waals surface area contributed by atoms with Crippen LogP contribution in [0.4, 0.5) is 0 Å². The molecule has 0 aliphatic rings. The molecule has 0 spiro atoms. The lowest BCUT2D eigenvalue weighted by atomic mass is 10.3. The van der Waals surface area contributed by atoms with Crippen molar-refractivity contribution in [1.82, 2.24) is 4.98 Å². The van der Waals surface area contributed by atoms with Crippen molar-refractivity contribution in [1.29, 1.82) is 0 Å². The van der Waals surface area contributed by atoms with Gasteiger partial charge in [-0.05, 0) is 0 Å². The summed E-state index contributed by atoms with van der Waals surface area (Å²) in [7, 11) is 1.56. The van der Waals surface area contributed by atoms with E-state index in [2.05, 4.69) is 4.98 Å². The van der Waals surface area contributed by atoms with Gasteiger partial charge in [-0.2, -0.15) is 0 Å². The van der Waals surface area contributed by atoms with Crippen LogP contribution in [0.3, 0.4) is 0 Å². The summed E-state index contributed by atoms with van der Waals surface area (Å²) >= 11 is 5.72. The average molecular weight is 173 g/mol. The van der Waals surface area contributed by atoms with Crippen LogP contribution < -0.4 is 10.5 Å². The molecule has 0 aliphatic carbocycles. The number of aromatic nitrogens is 1. The van der Waals surface area contributed by atoms with Gasteiger partial charge in [-0.1, -0.05) is 11.6 Å². The third-order valence-electron chi connectivity index (χ3n) is 1.31. The lowest BCUT2D eigenvalue weighted by Gasteiger charge is -2.02. The van der Waals surface area contributed by atoms with E-state index in [1.807, 2.05) is 0 Å². The summed E-state index contributed by atoms with van der Waals surface area (Å²) in [5, 5.41) is 0.504. The topological polar surface area (TPSA) is 48.1 Å². The van der Waals surface area contributed by atoms with Gasteiger partial charge in [0.15, 0.2) is 0 Å². The zero-order valence-electron chi connectivity index (χ0n) is 6.17. The molecule has 60 valence electrons. The molecule has 1 rings (SSSR count). The third kappa shape index (κ3) is 1.82. The summed E-state index contributed by atoms with van der Waals surface area (Å²) in [6.45, 7) is 0.396. The minimum absolute atomic E-state index is 0.396. The zero-order chi connectivity index (χ0) is 8.27. The van der Waals surface area contributed by atoms with Crippen LogP contribution in [0, 0.1) is 0 Å². The summed E-state index contributed by atoms with van der Waals surface area (Å²) in [6, 6.07) is 1.72. The van der Waals surface area contributed by atoms with Crippen LogP contribution in [0.1, 0.15) is 5.69 Å². The van der Waals surface area contributed by atoms with E-state index >= 15 is 0 Å². The van der Waals surface area contributed by atoms with Gasteiger partial charge in [0.1, 0.15) is 10.8 Å². The molecule has 0 amide bonds. The summed E-state index contributed by atoms with van der Waals surface area (Å²) in [4.78, 5) is 3.97. The summed E-state index contributed by atoms with van der Waals surface area (Å²) < 4.78 is 4.96. The Morgan fingerprint density at radius 3 is 3.00 bits per heavy atom. The first kappa shape index (κ1) is 8.30. The molecule has 0 saturated heterocycles. The van der Waals surface area contributed by atoms with Crippen molar-refractivity contribution >= 4 is 11.6 Å². The highest BCUT2D eigenvalue weighted by molar-refractivity contribution is 6.31. The van der Waals surface area contributed by atoms with Gasteiger partial charge in [0.05, 0.1) is 12.8 Å². The van der Waals surface area contributed by atoms with E-state index in [-0.39, 0.29) is 0 Å². The Morgan fingerprint density at radius 1 is 1.73 bits per heavy atom. The maximum Gasteiger partial charge on any atom is 0.140 e. The number of nitrogens with zero attached hydrogens (tertiary/aromatic N) is 1. The molecule has 3 nitrogen and oxygen atoms in total. The van der Waals surface area contributed by atoms with E-state index < -0.39 is 0 Å². The largest absolute Gasteiger partial charge is 0.495 e. The van der Waals surface area contributed by atoms with Gasteiger partial charge in [-0.15, -0.1) is 0 Å². The number of ether oxygens (including phenoxy) is 1. The number of nitrogens with two attached hydrogens (primary N) is 1. The highest BCUT2D eigenvalue weighted by Gasteiger charge is 2.00. The van der Waals surface area contributed by atoms with Gasteiger partial charge < -0.3 is 10.5 Å². The smallest absolute Gasteiger partial charge is 0.140 e. The Kier molecular flexibility index (Phi) is 2.68. The van der Waals surface area contributed by atoms with Gasteiger partial charge >= 0.3 is 0 Å². The van der Waals surface area contributed by atoms with Crippen molar-refractivity contribution in [2.75, 3.05) is 7.11 Å². The molecule has 0 bridgehead atoms. The molecule has 11 heavy (non-hydrogen) atoms. The number of hydrogen-bond donors (Lipinski definition) is 1. The number of hydrogen-bond acceptors (Lipinski definition) is 3. The molecule has 0 aliphatic heterocycles. The van der Waals surface area contributed by atoms with Crippen molar-refractivity contribution in [2.24, 2.45) is 5.73 Å². The van der Waals surface area contributed by atoms with Crippen LogP contribution in [-0.4, -0.2) is 12.1 Å². The second-order valence-corrected chi connectivity index (χ2v) is 2.42. The molecule has 0 radical (unpaired) electrons. The average Bonchev–Trinajstić information content (AvgIpc) is 2.05. The van der Waals surface area contributed by atoms with Crippen molar-refractivity contribution in [3.63, 3.8) is 0 Å². The third-order valence-corrected chi connectivity index (χ3v) is 1.59. The first-order valence-electron chi connectivity index (χ1n) is 3.16.